The van der Waals surface area contributed by atoms with Gasteiger partial charge in [-0.1, -0.05) is 0 Å². The van der Waals surface area contributed by atoms with Crippen molar-refractivity contribution < 1.29 is 105 Å². The number of aliphatic hydroxyl groups excluding tert-OH is 3. The number of aryl methyl sites for hydroxylation is 4. The van der Waals surface area contributed by atoms with Gasteiger partial charge in [-0.05, 0) is 183 Å². The number of hydrogen-bond acceptors (Lipinski definition) is 41. The van der Waals surface area contributed by atoms with E-state index in [9.17, 15) is 114 Å². The SMILES string of the molecule is Cc1cc(=O)n(CCNc2nc(NCCO)nc(Nc3ccc(Nc4nc(NCCO)nc(NCCn5c(O)c(N=Nc6cc(C(=O)O)cc(C(=O)O)c6)c(C)cc5=O)n4)cc3)n2)c(O)c1N=Nc1cc(C(=O)O)cc(C(=O)O)c1.Cc1cc(Nc2nc(NCCO)nc(Nc3ccc(N=Nc4cc(C(=O)O)cc(C(=O)O)c4)c(C)c3)n2)ccc1N=Nc1cc(C(=O)O)cc(C(=O)O)c1. The summed E-state index contributed by atoms with van der Waals surface area (Å²) in [6.07, 6.45) is 0. The minimum atomic E-state index is -1.39. The standard InChI is InChI=1S/C48H48N18O14.C35H30N10O9/c1-23-15-33(69)65(37(71)35(23)63-61-31-19-25(39(73)74)17-26(20-31)40(75)76)11-7-49-43-55-45(51-9-13-67)59-47(57-43)53-29-3-5-30(6-4-29)54-48-58-44(56-46(60-48)52-10-14-68)50-8-12-66-34(70)16-24(2)36(38(66)72)64-62-32-21-27(41(77)78)18-28(22-32)42(79)80;1-17-9-23(3-5-27(17)44-42-25-13-19(29(47)48)11-20(14-25)30(49)50)37-34-39-33(36-7-8-46)40-35(41-34)38-24-4-6-28(18(2)10-24)45-43-26-15-21(31(51)52)12-22(16-26)32(53)54/h3-6,15-22,67-68,71-72H,7-14H2,1-2H3,(H,73,74)(H,75,76)(H,77,78)(H,79,80)(H3,49,51,53,55,57,59)(H3,50,52,54,56,58,60);3-6,9-16,46H,7-8H2,1-2H3,(H,47,48)(H,49,50)(H,51,52)(H,53,54)(H3,36,37,38,39,40,41). The Morgan fingerprint density at radius 2 is 0.500 bits per heavy atom. The molecule has 134 heavy (non-hydrogen) atoms. The van der Waals surface area contributed by atoms with Crippen molar-refractivity contribution >= 4 is 170 Å². The summed E-state index contributed by atoms with van der Waals surface area (Å²) in [7, 11) is 0. The number of rotatable bonds is 41. The van der Waals surface area contributed by atoms with Crippen LogP contribution >= 0.6 is 0 Å². The lowest BCUT2D eigenvalue weighted by Gasteiger charge is -2.14. The van der Waals surface area contributed by atoms with E-state index >= 15 is 0 Å². The van der Waals surface area contributed by atoms with Gasteiger partial charge in [0.1, 0.15) is 11.4 Å². The van der Waals surface area contributed by atoms with E-state index in [0.717, 1.165) is 57.7 Å². The molecule has 0 saturated heterocycles. The van der Waals surface area contributed by atoms with E-state index in [4.69, 9.17) is 0 Å². The van der Waals surface area contributed by atoms with Crippen LogP contribution < -0.4 is 59.0 Å². The van der Waals surface area contributed by atoms with E-state index in [2.05, 4.69) is 134 Å². The second-order valence-corrected chi connectivity index (χ2v) is 28.1. The molecule has 0 unspecified atom stereocenters. The van der Waals surface area contributed by atoms with Gasteiger partial charge in [-0.15, -0.1) is 10.2 Å². The molecular formula is C83H78N28O23. The number of aromatic hydroxyl groups is 2. The number of aliphatic hydroxyl groups is 3. The maximum absolute atomic E-state index is 13.0. The molecule has 0 aliphatic rings. The molecule has 12 aromatic rings. The average molecular weight is 1840 g/mol. The number of nitrogens with zero attached hydrogens (tertiary/aromatic N) is 19. The van der Waals surface area contributed by atoms with E-state index in [1.807, 2.05) is 0 Å². The molecule has 0 saturated carbocycles. The van der Waals surface area contributed by atoms with Crippen LogP contribution in [0, 0.1) is 27.7 Å². The fraction of sp³-hybridized carbons (Fsp3) is 0.169. The number of carboxylic acid groups (broad SMARTS) is 8. The highest BCUT2D eigenvalue weighted by molar-refractivity contribution is 5.98. The average Bonchev–Trinajstić information content (AvgIpc) is 0.806. The molecule has 0 aliphatic carbocycles. The van der Waals surface area contributed by atoms with E-state index in [1.54, 1.807) is 74.5 Å². The van der Waals surface area contributed by atoms with Gasteiger partial charge in [-0.2, -0.15) is 75.5 Å². The van der Waals surface area contributed by atoms with Gasteiger partial charge in [0.15, 0.2) is 0 Å². The summed E-state index contributed by atoms with van der Waals surface area (Å²) < 4.78 is 1.97. The van der Waals surface area contributed by atoms with Crippen molar-refractivity contribution in [2.75, 3.05) is 100 Å². The highest BCUT2D eigenvalue weighted by Crippen LogP contribution is 2.36. The fourth-order valence-corrected chi connectivity index (χ4v) is 11.9. The first-order valence-electron chi connectivity index (χ1n) is 39.3. The van der Waals surface area contributed by atoms with Gasteiger partial charge in [0.25, 0.3) is 11.1 Å². The third-order valence-corrected chi connectivity index (χ3v) is 18.2. The molecule has 7 aromatic carbocycles. The van der Waals surface area contributed by atoms with Crippen LogP contribution in [0.1, 0.15) is 105 Å². The number of pyridine rings is 2. The molecule has 0 atom stereocenters. The quantitative estimate of drug-likeness (QED) is 0.0158. The van der Waals surface area contributed by atoms with E-state index < -0.39 is 70.6 Å². The summed E-state index contributed by atoms with van der Waals surface area (Å²) in [5.41, 5.74) is 0.731. The van der Waals surface area contributed by atoms with Crippen molar-refractivity contribution in [3.63, 3.8) is 0 Å². The van der Waals surface area contributed by atoms with Crippen LogP contribution in [0.25, 0.3) is 0 Å². The Morgan fingerprint density at radius 3 is 0.746 bits per heavy atom. The zero-order valence-electron chi connectivity index (χ0n) is 70.3. The molecule has 0 amide bonds. The second-order valence-electron chi connectivity index (χ2n) is 28.1. The minimum absolute atomic E-state index is 0.0222. The first-order chi connectivity index (χ1) is 64.0. The third kappa shape index (κ3) is 26.3. The van der Waals surface area contributed by atoms with Gasteiger partial charge < -0.3 is 114 Å². The molecule has 22 N–H and O–H groups in total. The van der Waals surface area contributed by atoms with Crippen LogP contribution in [0.2, 0.25) is 0 Å². The monoisotopic (exact) mass is 1830 g/mol. The van der Waals surface area contributed by atoms with Crippen LogP contribution in [-0.2, 0) is 13.1 Å². The molecule has 51 nitrogen and oxygen atoms in total. The second kappa shape index (κ2) is 44.2. The zero-order chi connectivity index (χ0) is 96.6. The molecule has 5 heterocycles. The van der Waals surface area contributed by atoms with Crippen LogP contribution in [0.3, 0.4) is 0 Å². The molecule has 5 aromatic heterocycles. The molecule has 51 heteroatoms. The van der Waals surface area contributed by atoms with Gasteiger partial charge in [0.05, 0.1) is 98.5 Å². The van der Waals surface area contributed by atoms with Gasteiger partial charge in [0, 0.05) is 80.7 Å². The maximum Gasteiger partial charge on any atom is 0.335 e. The highest BCUT2D eigenvalue weighted by Gasteiger charge is 2.22. The number of aromatic carboxylic acids is 8. The number of nitrogens with one attached hydrogen (secondary N) is 9. The molecular weight excluding hydrogens is 1760 g/mol. The van der Waals surface area contributed by atoms with Crippen molar-refractivity contribution in [1.29, 1.82) is 0 Å². The molecule has 688 valence electrons. The zero-order valence-corrected chi connectivity index (χ0v) is 70.3. The Morgan fingerprint density at radius 1 is 0.276 bits per heavy atom. The van der Waals surface area contributed by atoms with Gasteiger partial charge in [-0.3, -0.25) is 18.7 Å². The van der Waals surface area contributed by atoms with Crippen LogP contribution in [0.4, 0.5) is 122 Å². The number of azo groups is 4. The number of carboxylic acids is 8. The summed E-state index contributed by atoms with van der Waals surface area (Å²) in [5, 5.41) is 185. The van der Waals surface area contributed by atoms with Crippen molar-refractivity contribution in [2.45, 2.75) is 40.8 Å². The molecule has 0 radical (unpaired) electrons. The molecule has 0 spiro atoms. The predicted octanol–water partition coefficient (Wildman–Crippen LogP) is 11.6. The maximum atomic E-state index is 13.0. The fourth-order valence-electron chi connectivity index (χ4n) is 11.9. The summed E-state index contributed by atoms with van der Waals surface area (Å²) in [5.74, 6) is -11.3. The normalized spacial score (nSPS) is 11.1. The van der Waals surface area contributed by atoms with Gasteiger partial charge in [0.2, 0.25) is 65.3 Å². The highest BCUT2D eigenvalue weighted by atomic mass is 16.4. The number of aromatic nitrogens is 11. The lowest BCUT2D eigenvalue weighted by molar-refractivity contribution is 0.0676. The van der Waals surface area contributed by atoms with Crippen LogP contribution in [0.15, 0.2) is 196 Å². The first kappa shape index (κ1) is 96.0. The van der Waals surface area contributed by atoms with Crippen LogP contribution in [-0.4, -0.2) is 221 Å². The number of benzene rings is 7. The van der Waals surface area contributed by atoms with Gasteiger partial charge >= 0.3 is 47.8 Å². The Bertz CT molecular complexity index is 6290. The first-order valence-corrected chi connectivity index (χ1v) is 39.3. The Balaban J connectivity index is 0.000000278. The number of carbonyl (C=O) groups is 8. The van der Waals surface area contributed by atoms with E-state index in [0.29, 0.717) is 45.3 Å². The van der Waals surface area contributed by atoms with Crippen molar-refractivity contribution in [3.05, 3.63) is 233 Å². The molecule has 12 rings (SSSR count). The van der Waals surface area contributed by atoms with Crippen molar-refractivity contribution in [1.82, 2.24) is 54.0 Å². The van der Waals surface area contributed by atoms with Crippen molar-refractivity contribution in [2.24, 2.45) is 40.9 Å². The topological polar surface area (TPSA) is 767 Å². The Labute approximate surface area is 752 Å². The summed E-state index contributed by atoms with van der Waals surface area (Å²) >= 11 is 0. The Kier molecular flexibility index (Phi) is 31.6. The largest absolute Gasteiger partial charge is 0.493 e. The predicted molar refractivity (Wildman–Crippen MR) is 477 cm³/mol. The lowest BCUT2D eigenvalue weighted by atomic mass is 10.1. The Hall–Kier alpha value is -18.7. The van der Waals surface area contributed by atoms with E-state index in [-0.39, 0.29) is 209 Å². The number of anilines is 13. The van der Waals surface area contributed by atoms with Crippen molar-refractivity contribution in [3.8, 4) is 11.8 Å². The van der Waals surface area contributed by atoms with Gasteiger partial charge in [-0.25, -0.2) is 38.4 Å². The molecule has 0 aliphatic heterocycles. The third-order valence-electron chi connectivity index (χ3n) is 18.2. The number of hydrogen-bond donors (Lipinski definition) is 22. The van der Waals surface area contributed by atoms with Crippen LogP contribution in [0.5, 0.6) is 11.8 Å². The summed E-state index contributed by atoms with van der Waals surface area (Å²) in [4.78, 5) is 157. The lowest BCUT2D eigenvalue weighted by Crippen LogP contribution is -2.24. The summed E-state index contributed by atoms with van der Waals surface area (Å²) in [6, 6.07) is 32.4. The minimum Gasteiger partial charge on any atom is -0.493 e. The van der Waals surface area contributed by atoms with E-state index in [1.165, 1.54) is 50.2 Å². The molecule has 0 fully saturated rings. The molecule has 0 bridgehead atoms. The summed E-state index contributed by atoms with van der Waals surface area (Å²) in [6.45, 7) is 5.75. The smallest absolute Gasteiger partial charge is 0.335 e.